The van der Waals surface area contributed by atoms with Crippen LogP contribution in [0, 0.1) is 5.82 Å². The molecule has 1 aromatic rings. The Kier molecular flexibility index (Phi) is 2.58. The maximum absolute atomic E-state index is 13.6. The maximum Gasteiger partial charge on any atom is 0.142 e. The van der Waals surface area contributed by atoms with E-state index in [0.717, 1.165) is 12.8 Å². The van der Waals surface area contributed by atoms with Crippen LogP contribution in [0.25, 0.3) is 0 Å². The largest absolute Gasteiger partial charge is 0.390 e. The fraction of sp³-hybridized carbons (Fsp3) is 0.400. The summed E-state index contributed by atoms with van der Waals surface area (Å²) in [5, 5.41) is 10.1. The van der Waals surface area contributed by atoms with Gasteiger partial charge in [-0.3, -0.25) is 0 Å². The van der Waals surface area contributed by atoms with Crippen molar-refractivity contribution in [1.29, 1.82) is 0 Å². The van der Waals surface area contributed by atoms with Crippen LogP contribution in [-0.4, -0.2) is 10.7 Å². The van der Waals surface area contributed by atoms with Crippen LogP contribution < -0.4 is 0 Å². The molecule has 76 valence electrons. The molecule has 14 heavy (non-hydrogen) atoms. The summed E-state index contributed by atoms with van der Waals surface area (Å²) in [5.41, 5.74) is -0.313. The molecule has 1 aliphatic carbocycles. The Labute approximate surface area is 95.0 Å². The van der Waals surface area contributed by atoms with E-state index in [1.165, 1.54) is 0 Å². The molecule has 1 aliphatic rings. The third kappa shape index (κ3) is 1.95. The second-order valence-corrected chi connectivity index (χ2v) is 4.98. The van der Waals surface area contributed by atoms with Crippen LogP contribution in [0.15, 0.2) is 16.6 Å². The third-order valence-electron chi connectivity index (χ3n) is 2.47. The van der Waals surface area contributed by atoms with Crippen molar-refractivity contribution in [3.05, 3.63) is 33.0 Å². The first-order valence-corrected chi connectivity index (χ1v) is 5.54. The number of aliphatic hydroxyl groups is 1. The molecule has 0 aliphatic heterocycles. The van der Waals surface area contributed by atoms with Gasteiger partial charge in [-0.2, -0.15) is 0 Å². The molecule has 2 rings (SSSR count). The molecule has 0 unspecified atom stereocenters. The number of benzene rings is 1. The molecule has 1 N–H and O–H groups in total. The lowest BCUT2D eigenvalue weighted by atomic mass is 10.1. The van der Waals surface area contributed by atoms with Crippen molar-refractivity contribution in [3.63, 3.8) is 0 Å². The Morgan fingerprint density at radius 2 is 2.14 bits per heavy atom. The van der Waals surface area contributed by atoms with Gasteiger partial charge in [-0.25, -0.2) is 4.39 Å². The van der Waals surface area contributed by atoms with E-state index in [4.69, 9.17) is 11.6 Å². The number of rotatable bonds is 2. The molecular formula is C10H9BrClFO. The zero-order chi connectivity index (χ0) is 10.3. The average molecular weight is 280 g/mol. The van der Waals surface area contributed by atoms with Gasteiger partial charge in [0.1, 0.15) is 5.82 Å². The monoisotopic (exact) mass is 278 g/mol. The van der Waals surface area contributed by atoms with Crippen molar-refractivity contribution >= 4 is 27.5 Å². The summed E-state index contributed by atoms with van der Waals surface area (Å²) in [7, 11) is 0. The predicted molar refractivity (Wildman–Crippen MR) is 57.0 cm³/mol. The highest BCUT2D eigenvalue weighted by atomic mass is 79.9. The molecule has 0 spiro atoms. The summed E-state index contributed by atoms with van der Waals surface area (Å²) >= 11 is 8.96. The van der Waals surface area contributed by atoms with Gasteiger partial charge in [0.05, 0.1) is 10.1 Å². The van der Waals surface area contributed by atoms with Gasteiger partial charge in [-0.15, -0.1) is 0 Å². The van der Waals surface area contributed by atoms with E-state index in [2.05, 4.69) is 15.9 Å². The molecule has 0 aromatic heterocycles. The summed E-state index contributed by atoms with van der Waals surface area (Å²) < 4.78 is 14.0. The Morgan fingerprint density at radius 1 is 1.50 bits per heavy atom. The van der Waals surface area contributed by atoms with Crippen LogP contribution in [0.4, 0.5) is 4.39 Å². The quantitative estimate of drug-likeness (QED) is 0.824. The van der Waals surface area contributed by atoms with Gasteiger partial charge in [0, 0.05) is 17.0 Å². The molecular weight excluding hydrogens is 270 g/mol. The second kappa shape index (κ2) is 3.47. The van der Waals surface area contributed by atoms with Crippen molar-refractivity contribution in [2.24, 2.45) is 0 Å². The first-order valence-electron chi connectivity index (χ1n) is 4.37. The van der Waals surface area contributed by atoms with E-state index in [-0.39, 0.29) is 5.82 Å². The van der Waals surface area contributed by atoms with Crippen molar-refractivity contribution in [3.8, 4) is 0 Å². The van der Waals surface area contributed by atoms with Gasteiger partial charge in [-0.1, -0.05) is 11.6 Å². The number of hydrogen-bond acceptors (Lipinski definition) is 1. The van der Waals surface area contributed by atoms with Gasteiger partial charge in [0.25, 0.3) is 0 Å². The highest BCUT2D eigenvalue weighted by Gasteiger charge is 2.41. The van der Waals surface area contributed by atoms with Crippen molar-refractivity contribution < 1.29 is 9.50 Å². The van der Waals surface area contributed by atoms with Crippen molar-refractivity contribution in [1.82, 2.24) is 0 Å². The lowest BCUT2D eigenvalue weighted by molar-refractivity contribution is 0.149. The SMILES string of the molecule is OC1(Cc2c(Cl)ccc(Br)c2F)CC1. The summed E-state index contributed by atoms with van der Waals surface area (Å²) in [6.45, 7) is 0. The summed E-state index contributed by atoms with van der Waals surface area (Å²) in [4.78, 5) is 0. The standard InChI is InChI=1S/C10H9BrClFO/c11-7-1-2-8(12)6(9(7)13)5-10(14)3-4-10/h1-2,14H,3-5H2. The molecule has 0 heterocycles. The van der Waals surface area contributed by atoms with Gasteiger partial charge in [0.15, 0.2) is 0 Å². The molecule has 1 saturated carbocycles. The lowest BCUT2D eigenvalue weighted by Gasteiger charge is -2.11. The summed E-state index contributed by atoms with van der Waals surface area (Å²) in [6, 6.07) is 3.20. The van der Waals surface area contributed by atoms with Gasteiger partial charge >= 0.3 is 0 Å². The van der Waals surface area contributed by atoms with Crippen LogP contribution in [-0.2, 0) is 6.42 Å². The van der Waals surface area contributed by atoms with Crippen molar-refractivity contribution in [2.45, 2.75) is 24.9 Å². The Hall–Kier alpha value is -0.120. The van der Waals surface area contributed by atoms with E-state index in [1.54, 1.807) is 12.1 Å². The Morgan fingerprint density at radius 3 is 2.71 bits per heavy atom. The lowest BCUT2D eigenvalue weighted by Crippen LogP contribution is -2.12. The molecule has 0 atom stereocenters. The van der Waals surface area contributed by atoms with E-state index in [9.17, 15) is 9.50 Å². The topological polar surface area (TPSA) is 20.2 Å². The van der Waals surface area contributed by atoms with Crippen LogP contribution in [0.2, 0.25) is 5.02 Å². The van der Waals surface area contributed by atoms with E-state index in [1.807, 2.05) is 0 Å². The maximum atomic E-state index is 13.6. The molecule has 0 bridgehead atoms. The predicted octanol–water partition coefficient (Wildman–Crippen LogP) is 3.31. The van der Waals surface area contributed by atoms with E-state index < -0.39 is 5.60 Å². The molecule has 1 fully saturated rings. The van der Waals surface area contributed by atoms with Crippen molar-refractivity contribution in [2.75, 3.05) is 0 Å². The molecule has 4 heteroatoms. The molecule has 0 radical (unpaired) electrons. The first kappa shape index (κ1) is 10.4. The normalized spacial score (nSPS) is 18.3. The minimum atomic E-state index is -0.717. The minimum absolute atomic E-state index is 0.303. The number of hydrogen-bond donors (Lipinski definition) is 1. The van der Waals surface area contributed by atoms with Gasteiger partial charge in [0.2, 0.25) is 0 Å². The van der Waals surface area contributed by atoms with Gasteiger partial charge < -0.3 is 5.11 Å². The third-order valence-corrected chi connectivity index (χ3v) is 3.44. The van der Waals surface area contributed by atoms with E-state index in [0.29, 0.717) is 21.5 Å². The Balaban J connectivity index is 2.35. The smallest absolute Gasteiger partial charge is 0.142 e. The van der Waals surface area contributed by atoms with Crippen LogP contribution in [0.1, 0.15) is 18.4 Å². The van der Waals surface area contributed by atoms with Crippen LogP contribution >= 0.6 is 27.5 Å². The second-order valence-electron chi connectivity index (χ2n) is 3.72. The van der Waals surface area contributed by atoms with Crippen LogP contribution in [0.3, 0.4) is 0 Å². The highest BCUT2D eigenvalue weighted by molar-refractivity contribution is 9.10. The van der Waals surface area contributed by atoms with E-state index >= 15 is 0 Å². The number of halogens is 3. The molecule has 0 amide bonds. The summed E-state index contributed by atoms with van der Waals surface area (Å²) in [5.74, 6) is -0.363. The van der Waals surface area contributed by atoms with Crippen LogP contribution in [0.5, 0.6) is 0 Å². The van der Waals surface area contributed by atoms with Gasteiger partial charge in [-0.05, 0) is 40.9 Å². The molecule has 1 aromatic carbocycles. The molecule has 1 nitrogen and oxygen atoms in total. The minimum Gasteiger partial charge on any atom is -0.390 e. The first-order chi connectivity index (χ1) is 6.52. The summed E-state index contributed by atoms with van der Waals surface area (Å²) in [6.07, 6.45) is 1.77. The fourth-order valence-electron chi connectivity index (χ4n) is 1.38. The molecule has 0 saturated heterocycles. The Bertz CT molecular complexity index is 377. The zero-order valence-electron chi connectivity index (χ0n) is 7.36. The highest BCUT2D eigenvalue weighted by Crippen LogP contribution is 2.40. The average Bonchev–Trinajstić information content (AvgIpc) is 2.86. The fourth-order valence-corrected chi connectivity index (χ4v) is 1.97. The zero-order valence-corrected chi connectivity index (χ0v) is 9.70.